The molecule has 2 aliphatic heterocycles. The number of aromatic amines is 1. The number of aromatic nitrogens is 1. The topological polar surface area (TPSA) is 135 Å². The molecule has 224 valence electrons. The lowest BCUT2D eigenvalue weighted by atomic mass is 9.83. The third kappa shape index (κ3) is 5.65. The molecular formula is C32H27N3O7S2. The lowest BCUT2D eigenvalue weighted by Gasteiger charge is -2.30. The van der Waals surface area contributed by atoms with E-state index in [1.165, 1.54) is 23.9 Å². The fourth-order valence-electron chi connectivity index (χ4n) is 5.46. The van der Waals surface area contributed by atoms with Crippen LogP contribution in [0.2, 0.25) is 0 Å². The smallest absolute Gasteiger partial charge is 0.338 e. The Hall–Kier alpha value is -4.68. The number of hydrogen-bond acceptors (Lipinski definition) is 9. The predicted molar refractivity (Wildman–Crippen MR) is 167 cm³/mol. The van der Waals surface area contributed by atoms with Crippen LogP contribution in [0.1, 0.15) is 39.2 Å². The van der Waals surface area contributed by atoms with Crippen molar-refractivity contribution < 1.29 is 28.7 Å². The molecule has 3 aromatic carbocycles. The number of nitrogens with one attached hydrogen (secondary N) is 2. The highest BCUT2D eigenvalue weighted by Crippen LogP contribution is 2.53. The Morgan fingerprint density at radius 1 is 0.977 bits per heavy atom. The van der Waals surface area contributed by atoms with Crippen LogP contribution in [0.5, 0.6) is 5.75 Å². The third-order valence-electron chi connectivity index (χ3n) is 7.35. The van der Waals surface area contributed by atoms with Crippen molar-refractivity contribution in [2.45, 2.75) is 30.0 Å². The predicted octanol–water partition coefficient (Wildman–Crippen LogP) is 4.73. The van der Waals surface area contributed by atoms with Gasteiger partial charge in [-0.3, -0.25) is 19.2 Å². The zero-order chi connectivity index (χ0) is 31.0. The van der Waals surface area contributed by atoms with E-state index in [-0.39, 0.29) is 24.0 Å². The van der Waals surface area contributed by atoms with Crippen LogP contribution in [0.15, 0.2) is 82.6 Å². The van der Waals surface area contributed by atoms with Gasteiger partial charge >= 0.3 is 10.8 Å². The zero-order valence-electron chi connectivity index (χ0n) is 23.7. The van der Waals surface area contributed by atoms with Crippen molar-refractivity contribution in [3.05, 3.63) is 104 Å². The summed E-state index contributed by atoms with van der Waals surface area (Å²) in [6, 6.07) is 20.6. The van der Waals surface area contributed by atoms with Crippen molar-refractivity contribution in [2.24, 2.45) is 5.92 Å². The second kappa shape index (κ2) is 12.1. The molecule has 3 heterocycles. The highest BCUT2D eigenvalue weighted by Gasteiger charge is 2.56. The molecule has 0 spiro atoms. The first-order valence-corrected chi connectivity index (χ1v) is 15.6. The van der Waals surface area contributed by atoms with Gasteiger partial charge in [-0.05, 0) is 73.5 Å². The number of esters is 1. The van der Waals surface area contributed by atoms with E-state index in [0.717, 1.165) is 21.8 Å². The van der Waals surface area contributed by atoms with Crippen molar-refractivity contribution >= 4 is 58.2 Å². The largest absolute Gasteiger partial charge is 0.484 e. The Kier molecular flexibility index (Phi) is 8.11. The summed E-state index contributed by atoms with van der Waals surface area (Å²) in [6.07, 6.45) is 0. The van der Waals surface area contributed by atoms with E-state index >= 15 is 0 Å². The average molecular weight is 630 g/mol. The number of imide groups is 1. The summed E-state index contributed by atoms with van der Waals surface area (Å²) in [6.45, 7) is 3.63. The molecule has 0 saturated carbocycles. The van der Waals surface area contributed by atoms with Gasteiger partial charge in [0.2, 0.25) is 11.8 Å². The van der Waals surface area contributed by atoms with Crippen molar-refractivity contribution in [1.82, 2.24) is 4.98 Å². The number of anilines is 2. The molecule has 6 rings (SSSR count). The number of rotatable bonds is 8. The molecule has 1 saturated heterocycles. The molecular weight excluding hydrogens is 603 g/mol. The normalized spacial score (nSPS) is 18.9. The van der Waals surface area contributed by atoms with Crippen LogP contribution in [0.3, 0.4) is 0 Å². The molecule has 12 heteroatoms. The van der Waals surface area contributed by atoms with Crippen LogP contribution in [-0.4, -0.2) is 47.1 Å². The first-order chi connectivity index (χ1) is 21.2. The summed E-state index contributed by atoms with van der Waals surface area (Å²) < 4.78 is 10.8. The maximum atomic E-state index is 14.0. The van der Waals surface area contributed by atoms with E-state index in [9.17, 15) is 24.0 Å². The average Bonchev–Trinajstić information content (AvgIpc) is 3.50. The van der Waals surface area contributed by atoms with Crippen molar-refractivity contribution in [3.8, 4) is 5.75 Å². The maximum absolute atomic E-state index is 14.0. The number of thiazole rings is 1. The van der Waals surface area contributed by atoms with Gasteiger partial charge in [0.25, 0.3) is 5.91 Å². The summed E-state index contributed by atoms with van der Waals surface area (Å²) in [4.78, 5) is 69.1. The molecule has 10 nitrogen and oxygen atoms in total. The van der Waals surface area contributed by atoms with E-state index in [1.807, 2.05) is 31.2 Å². The monoisotopic (exact) mass is 629 g/mol. The summed E-state index contributed by atoms with van der Waals surface area (Å²) >= 11 is 2.18. The van der Waals surface area contributed by atoms with Crippen molar-refractivity contribution in [2.75, 3.05) is 23.4 Å². The van der Waals surface area contributed by atoms with Gasteiger partial charge in [-0.1, -0.05) is 47.4 Å². The summed E-state index contributed by atoms with van der Waals surface area (Å²) in [5.74, 6) is -2.63. The minimum atomic E-state index is -0.795. The maximum Gasteiger partial charge on any atom is 0.338 e. The molecule has 2 N–H and O–H groups in total. The van der Waals surface area contributed by atoms with E-state index < -0.39 is 34.9 Å². The van der Waals surface area contributed by atoms with Crippen LogP contribution < -0.4 is 19.8 Å². The van der Waals surface area contributed by atoms with Crippen LogP contribution in [-0.2, 0) is 19.1 Å². The van der Waals surface area contributed by atoms with Gasteiger partial charge < -0.3 is 19.8 Å². The van der Waals surface area contributed by atoms with Crippen LogP contribution in [0, 0.1) is 12.8 Å². The number of fused-ring (bicyclic) bond motifs is 2. The molecule has 0 radical (unpaired) electrons. The van der Waals surface area contributed by atoms with Gasteiger partial charge in [-0.2, -0.15) is 0 Å². The van der Waals surface area contributed by atoms with Gasteiger partial charge in [0.1, 0.15) is 11.0 Å². The fraction of sp³-hybridized carbons (Fsp3) is 0.219. The summed E-state index contributed by atoms with van der Waals surface area (Å²) in [7, 11) is 0. The highest BCUT2D eigenvalue weighted by atomic mass is 32.2. The zero-order valence-corrected chi connectivity index (χ0v) is 25.3. The minimum absolute atomic E-state index is 0.227. The Morgan fingerprint density at radius 3 is 2.50 bits per heavy atom. The van der Waals surface area contributed by atoms with Gasteiger partial charge in [0.05, 0.1) is 28.8 Å². The molecule has 2 aliphatic rings. The summed E-state index contributed by atoms with van der Waals surface area (Å²) in [5, 5.41) is 2.58. The Morgan fingerprint density at radius 2 is 1.75 bits per heavy atom. The molecule has 1 aromatic heterocycles. The van der Waals surface area contributed by atoms with Crippen molar-refractivity contribution in [3.63, 3.8) is 0 Å². The number of H-pyrrole nitrogens is 1. The number of benzene rings is 3. The number of hydrogen-bond donors (Lipinski definition) is 2. The third-order valence-corrected chi connectivity index (χ3v) is 9.75. The number of carbonyl (C=O) groups is 4. The van der Waals surface area contributed by atoms with E-state index in [2.05, 4.69) is 10.3 Å². The van der Waals surface area contributed by atoms with Crippen molar-refractivity contribution in [1.29, 1.82) is 0 Å². The summed E-state index contributed by atoms with van der Waals surface area (Å²) in [5.41, 5.74) is 3.00. The first kappa shape index (κ1) is 29.4. The lowest BCUT2D eigenvalue weighted by molar-refractivity contribution is -0.122. The molecule has 3 amide bonds. The quantitative estimate of drug-likeness (QED) is 0.211. The molecule has 1 fully saturated rings. The SMILES string of the molecule is CCOC(=O)c1ccc(N2C(=O)C3Sc4[nH]c(=O)sc4[C@H](c4cccc(OCC(=O)Nc5cccc(C)c5)c4)C3C2=O)cc1. The first-order valence-electron chi connectivity index (χ1n) is 13.9. The number of nitrogens with zero attached hydrogens (tertiary/aromatic N) is 1. The Bertz CT molecular complexity index is 1830. The number of aryl methyl sites for hydroxylation is 1. The molecule has 0 bridgehead atoms. The minimum Gasteiger partial charge on any atom is -0.484 e. The fourth-order valence-corrected chi connectivity index (χ4v) is 7.97. The van der Waals surface area contributed by atoms with E-state index in [0.29, 0.717) is 38.2 Å². The van der Waals surface area contributed by atoms with Gasteiger partial charge in [0.15, 0.2) is 6.61 Å². The second-order valence-electron chi connectivity index (χ2n) is 10.3. The van der Waals surface area contributed by atoms with Gasteiger partial charge in [0, 0.05) is 16.5 Å². The number of ether oxygens (including phenoxy) is 2. The van der Waals surface area contributed by atoms with Crippen LogP contribution in [0.25, 0.3) is 0 Å². The number of amides is 3. The Balaban J connectivity index is 1.27. The van der Waals surface area contributed by atoms with Crippen LogP contribution in [0.4, 0.5) is 11.4 Å². The molecule has 2 unspecified atom stereocenters. The number of carbonyl (C=O) groups excluding carboxylic acids is 4. The Labute approximate surface area is 260 Å². The highest BCUT2D eigenvalue weighted by molar-refractivity contribution is 8.00. The van der Waals surface area contributed by atoms with Gasteiger partial charge in [-0.15, -0.1) is 0 Å². The molecule has 44 heavy (non-hydrogen) atoms. The standard InChI is InChI=1S/C32H27N3O7S2/c1-3-41-31(39)18-10-12-21(13-11-18)35-29(37)25-24(26-28(34-32(40)44-26)43-27(25)30(35)38)19-7-5-9-22(15-19)42-16-23(36)33-20-8-4-6-17(2)14-20/h4-15,24-25,27H,3,16H2,1-2H3,(H,33,36)(H,34,40)/t24-,25?,27?/m1/s1. The molecule has 4 aromatic rings. The number of thioether (sulfide) groups is 1. The van der Waals surface area contributed by atoms with Gasteiger partial charge in [-0.25, -0.2) is 9.69 Å². The molecule has 3 atom stereocenters. The molecule has 0 aliphatic carbocycles. The second-order valence-corrected chi connectivity index (χ2v) is 12.5. The van der Waals surface area contributed by atoms with E-state index in [4.69, 9.17) is 9.47 Å². The van der Waals surface area contributed by atoms with E-state index in [1.54, 1.807) is 43.3 Å². The lowest BCUT2D eigenvalue weighted by Crippen LogP contribution is -2.32. The van der Waals surface area contributed by atoms with Crippen LogP contribution >= 0.6 is 23.1 Å².